The lowest BCUT2D eigenvalue weighted by Gasteiger charge is -2.36. The van der Waals surface area contributed by atoms with Crippen LogP contribution in [0.2, 0.25) is 0 Å². The van der Waals surface area contributed by atoms with Gasteiger partial charge in [0.15, 0.2) is 0 Å². The van der Waals surface area contributed by atoms with E-state index >= 15 is 0 Å². The Kier molecular flexibility index (Phi) is 5.08. The fraction of sp³-hybridized carbons (Fsp3) is 0.812. The van der Waals surface area contributed by atoms with Crippen LogP contribution in [0.3, 0.4) is 0 Å². The summed E-state index contributed by atoms with van der Waals surface area (Å²) in [5, 5.41) is 5.74. The van der Waals surface area contributed by atoms with Crippen LogP contribution in [-0.2, 0) is 9.59 Å². The third kappa shape index (κ3) is 2.96. The summed E-state index contributed by atoms with van der Waals surface area (Å²) in [5.41, 5.74) is -0.787. The van der Waals surface area contributed by atoms with Crippen LogP contribution in [0.15, 0.2) is 0 Å². The number of rotatable bonds is 5. The summed E-state index contributed by atoms with van der Waals surface area (Å²) in [6.07, 6.45) is 5.29. The second-order valence-corrected chi connectivity index (χ2v) is 6.52. The van der Waals surface area contributed by atoms with Gasteiger partial charge < -0.3 is 10.6 Å². The van der Waals surface area contributed by atoms with Gasteiger partial charge in [0.25, 0.3) is 5.91 Å². The second-order valence-electron chi connectivity index (χ2n) is 6.52. The van der Waals surface area contributed by atoms with Crippen molar-refractivity contribution in [1.29, 1.82) is 0 Å². The normalized spacial score (nSPS) is 28.4. The molecule has 2 rings (SSSR count). The number of hydrogen-bond acceptors (Lipinski definition) is 3. The van der Waals surface area contributed by atoms with E-state index in [2.05, 4.69) is 10.6 Å². The zero-order valence-electron chi connectivity index (χ0n) is 13.8. The number of amides is 4. The molecule has 1 heterocycles. The number of nitrogens with one attached hydrogen (secondary N) is 2. The second kappa shape index (κ2) is 6.67. The van der Waals surface area contributed by atoms with Gasteiger partial charge in [-0.25, -0.2) is 4.79 Å². The molecule has 1 spiro atoms. The molecule has 6 heteroatoms. The molecule has 22 heavy (non-hydrogen) atoms. The monoisotopic (exact) mass is 309 g/mol. The molecule has 0 aromatic carbocycles. The molecule has 1 saturated carbocycles. The molecule has 1 aliphatic carbocycles. The summed E-state index contributed by atoms with van der Waals surface area (Å²) in [4.78, 5) is 38.1. The molecule has 4 amide bonds. The minimum Gasteiger partial charge on any atom is -0.352 e. The molecule has 6 nitrogen and oxygen atoms in total. The number of carbonyl (C=O) groups excluding carboxylic acids is 3. The lowest BCUT2D eigenvalue weighted by atomic mass is 9.73. The first-order chi connectivity index (χ1) is 10.4. The largest absolute Gasteiger partial charge is 0.352 e. The van der Waals surface area contributed by atoms with Crippen LogP contribution in [0.25, 0.3) is 0 Å². The van der Waals surface area contributed by atoms with Gasteiger partial charge >= 0.3 is 6.03 Å². The Morgan fingerprint density at radius 3 is 2.64 bits per heavy atom. The predicted octanol–water partition coefficient (Wildman–Crippen LogP) is 1.79. The predicted molar refractivity (Wildman–Crippen MR) is 83.1 cm³/mol. The number of urea groups is 1. The van der Waals surface area contributed by atoms with E-state index in [-0.39, 0.29) is 30.3 Å². The lowest BCUT2D eigenvalue weighted by Crippen LogP contribution is -2.54. The van der Waals surface area contributed by atoms with Gasteiger partial charge in [0.1, 0.15) is 12.1 Å². The summed E-state index contributed by atoms with van der Waals surface area (Å²) in [5.74, 6) is -0.382. The molecule has 2 N–H and O–H groups in total. The molecule has 2 fully saturated rings. The number of imide groups is 1. The Labute approximate surface area is 132 Å². The average molecular weight is 309 g/mol. The molecule has 2 aliphatic rings. The van der Waals surface area contributed by atoms with Gasteiger partial charge in [-0.05, 0) is 31.6 Å². The molecule has 0 aromatic rings. The van der Waals surface area contributed by atoms with E-state index in [1.165, 1.54) is 0 Å². The Hall–Kier alpha value is -1.59. The zero-order valence-corrected chi connectivity index (χ0v) is 13.8. The highest BCUT2D eigenvalue weighted by Gasteiger charge is 2.55. The van der Waals surface area contributed by atoms with Gasteiger partial charge in [0.05, 0.1) is 0 Å². The highest BCUT2D eigenvalue weighted by atomic mass is 16.2. The van der Waals surface area contributed by atoms with E-state index in [1.807, 2.05) is 20.8 Å². The van der Waals surface area contributed by atoms with Crippen molar-refractivity contribution in [3.8, 4) is 0 Å². The molecule has 0 unspecified atom stereocenters. The topological polar surface area (TPSA) is 78.5 Å². The van der Waals surface area contributed by atoms with Gasteiger partial charge in [0, 0.05) is 6.04 Å². The Morgan fingerprint density at radius 2 is 2.05 bits per heavy atom. The minimum absolute atomic E-state index is 0.0934. The van der Waals surface area contributed by atoms with Crippen molar-refractivity contribution in [3.05, 3.63) is 0 Å². The highest BCUT2D eigenvalue weighted by Crippen LogP contribution is 2.38. The number of carbonyl (C=O) groups is 3. The fourth-order valence-corrected chi connectivity index (χ4v) is 3.55. The Bertz CT molecular complexity index is 462. The van der Waals surface area contributed by atoms with Gasteiger partial charge in [-0.15, -0.1) is 0 Å². The van der Waals surface area contributed by atoms with E-state index in [0.29, 0.717) is 6.42 Å². The molecule has 0 aromatic heterocycles. The van der Waals surface area contributed by atoms with Gasteiger partial charge in [-0.2, -0.15) is 0 Å². The first-order valence-electron chi connectivity index (χ1n) is 8.38. The van der Waals surface area contributed by atoms with Crippen molar-refractivity contribution in [2.45, 2.75) is 70.9 Å². The summed E-state index contributed by atoms with van der Waals surface area (Å²) < 4.78 is 0. The number of hydrogen-bond donors (Lipinski definition) is 2. The van der Waals surface area contributed by atoms with Crippen molar-refractivity contribution < 1.29 is 14.4 Å². The van der Waals surface area contributed by atoms with Crippen LogP contribution in [0.5, 0.6) is 0 Å². The van der Waals surface area contributed by atoms with Crippen LogP contribution in [0, 0.1) is 5.92 Å². The van der Waals surface area contributed by atoms with Crippen LogP contribution < -0.4 is 10.6 Å². The van der Waals surface area contributed by atoms with E-state index in [9.17, 15) is 14.4 Å². The molecule has 0 radical (unpaired) electrons. The molecule has 1 saturated heterocycles. The van der Waals surface area contributed by atoms with Crippen LogP contribution >= 0.6 is 0 Å². The van der Waals surface area contributed by atoms with E-state index < -0.39 is 11.6 Å². The molecule has 124 valence electrons. The van der Waals surface area contributed by atoms with Crippen molar-refractivity contribution in [1.82, 2.24) is 15.5 Å². The molecule has 1 aliphatic heterocycles. The third-order valence-corrected chi connectivity index (χ3v) is 5.15. The summed E-state index contributed by atoms with van der Waals surface area (Å²) in [6, 6.07) is -0.339. The zero-order chi connectivity index (χ0) is 16.3. The lowest BCUT2D eigenvalue weighted by molar-refractivity contribution is -0.137. The fourth-order valence-electron chi connectivity index (χ4n) is 3.55. The maximum Gasteiger partial charge on any atom is 0.325 e. The SMILES string of the molecule is CCC(CC)NC(=O)CN1C(=O)N[C@]2(CCCC[C@@H]2C)C1=O. The van der Waals surface area contributed by atoms with Crippen molar-refractivity contribution >= 4 is 17.8 Å². The Balaban J connectivity index is 2.04. The average Bonchev–Trinajstić information content (AvgIpc) is 2.73. The van der Waals surface area contributed by atoms with E-state index in [4.69, 9.17) is 0 Å². The minimum atomic E-state index is -0.787. The maximum atomic E-state index is 12.7. The first kappa shape index (κ1) is 16.8. The first-order valence-corrected chi connectivity index (χ1v) is 8.38. The van der Waals surface area contributed by atoms with Crippen molar-refractivity contribution in [2.24, 2.45) is 5.92 Å². The smallest absolute Gasteiger partial charge is 0.325 e. The van der Waals surface area contributed by atoms with E-state index in [1.54, 1.807) is 0 Å². The number of nitrogens with zero attached hydrogens (tertiary/aromatic N) is 1. The van der Waals surface area contributed by atoms with Crippen LogP contribution in [0.4, 0.5) is 4.79 Å². The Morgan fingerprint density at radius 1 is 1.36 bits per heavy atom. The summed E-state index contributed by atoms with van der Waals surface area (Å²) >= 11 is 0. The molecular weight excluding hydrogens is 282 g/mol. The molecule has 2 atom stereocenters. The maximum absolute atomic E-state index is 12.7. The standard InChI is InChI=1S/C16H27N3O3/c1-4-12(5-2)17-13(20)10-19-14(21)16(18-15(19)22)9-7-6-8-11(16)3/h11-12H,4-10H2,1-3H3,(H,17,20)(H,18,22)/t11-,16-/m0/s1. The third-order valence-electron chi connectivity index (χ3n) is 5.15. The van der Waals surface area contributed by atoms with E-state index in [0.717, 1.165) is 37.0 Å². The molecular formula is C16H27N3O3. The quantitative estimate of drug-likeness (QED) is 0.760. The highest BCUT2D eigenvalue weighted by molar-refractivity contribution is 6.09. The summed E-state index contributed by atoms with van der Waals surface area (Å²) in [6.45, 7) is 5.82. The van der Waals surface area contributed by atoms with Crippen molar-refractivity contribution in [3.63, 3.8) is 0 Å². The van der Waals surface area contributed by atoms with Gasteiger partial charge in [0.2, 0.25) is 5.91 Å². The van der Waals surface area contributed by atoms with Crippen LogP contribution in [-0.4, -0.2) is 40.9 Å². The van der Waals surface area contributed by atoms with Gasteiger partial charge in [-0.3, -0.25) is 14.5 Å². The van der Waals surface area contributed by atoms with Gasteiger partial charge in [-0.1, -0.05) is 33.6 Å². The molecule has 0 bridgehead atoms. The summed E-state index contributed by atoms with van der Waals surface area (Å²) in [7, 11) is 0. The van der Waals surface area contributed by atoms with Crippen LogP contribution in [0.1, 0.15) is 59.3 Å². The van der Waals surface area contributed by atoms with Crippen molar-refractivity contribution in [2.75, 3.05) is 6.54 Å².